The number of hydrogen-bond donors (Lipinski definition) is 0. The third-order valence-corrected chi connectivity index (χ3v) is 4.93. The highest BCUT2D eigenvalue weighted by Crippen LogP contribution is 2.36. The van der Waals surface area contributed by atoms with E-state index >= 15 is 0 Å². The normalized spacial score (nSPS) is 22.0. The molecule has 1 heterocycles. The van der Waals surface area contributed by atoms with Crippen LogP contribution in [-0.2, 0) is 20.9 Å². The topological polar surface area (TPSA) is 113 Å². The van der Waals surface area contributed by atoms with Crippen LogP contribution in [0.3, 0.4) is 0 Å². The van der Waals surface area contributed by atoms with Crippen molar-refractivity contribution in [1.82, 2.24) is 5.16 Å². The van der Waals surface area contributed by atoms with Crippen LogP contribution in [0.15, 0.2) is 40.9 Å². The minimum absolute atomic E-state index is 0.0778. The maximum Gasteiger partial charge on any atom is 0.306 e. The molecule has 3 atom stereocenters. The van der Waals surface area contributed by atoms with E-state index < -0.39 is 22.7 Å². The van der Waals surface area contributed by atoms with Gasteiger partial charge in [0.15, 0.2) is 5.76 Å². The number of esters is 1. The van der Waals surface area contributed by atoms with Crippen molar-refractivity contribution in [1.29, 1.82) is 0 Å². The fourth-order valence-electron chi connectivity index (χ4n) is 3.51. The Labute approximate surface area is 155 Å². The molecule has 0 N–H and O–H groups in total. The van der Waals surface area contributed by atoms with Crippen LogP contribution < -0.4 is 0 Å². The first kappa shape index (κ1) is 18.8. The van der Waals surface area contributed by atoms with Gasteiger partial charge in [0.25, 0.3) is 0 Å². The lowest BCUT2D eigenvalue weighted by molar-refractivity contribution is -0.490. The van der Waals surface area contributed by atoms with E-state index in [-0.39, 0.29) is 37.7 Å². The number of nitro groups is 1. The predicted molar refractivity (Wildman–Crippen MR) is 94.0 cm³/mol. The van der Waals surface area contributed by atoms with Gasteiger partial charge in [-0.1, -0.05) is 42.4 Å². The average molecular weight is 372 g/mol. The molecule has 1 aliphatic carbocycles. The lowest BCUT2D eigenvalue weighted by Crippen LogP contribution is -2.27. The highest BCUT2D eigenvalue weighted by atomic mass is 16.6. The number of nitrogens with zero attached hydrogens (tertiary/aromatic N) is 2. The smallest absolute Gasteiger partial charge is 0.306 e. The minimum atomic E-state index is -0.657. The first-order valence-electron chi connectivity index (χ1n) is 8.75. The molecule has 0 amide bonds. The largest absolute Gasteiger partial charge is 0.459 e. The van der Waals surface area contributed by atoms with Gasteiger partial charge in [-0.2, -0.15) is 0 Å². The highest BCUT2D eigenvalue weighted by molar-refractivity contribution is 5.87. The van der Waals surface area contributed by atoms with Gasteiger partial charge in [-0.3, -0.25) is 19.7 Å². The summed E-state index contributed by atoms with van der Waals surface area (Å²) in [6.07, 6.45) is 0.116. The predicted octanol–water partition coefficient (Wildman–Crippen LogP) is 2.89. The molecule has 0 unspecified atom stereocenters. The van der Waals surface area contributed by atoms with Crippen molar-refractivity contribution in [3.05, 3.63) is 52.2 Å². The molecule has 8 heteroatoms. The van der Waals surface area contributed by atoms with Gasteiger partial charge < -0.3 is 9.26 Å². The van der Waals surface area contributed by atoms with Crippen LogP contribution in [0.1, 0.15) is 25.5 Å². The number of carbonyl (C=O) groups excluding carboxylic acids is 2. The molecule has 0 bridgehead atoms. The molecule has 27 heavy (non-hydrogen) atoms. The molecule has 1 saturated carbocycles. The Morgan fingerprint density at radius 2 is 2.11 bits per heavy atom. The zero-order chi connectivity index (χ0) is 19.4. The number of aromatic nitrogens is 1. The molecule has 1 aromatic carbocycles. The highest BCUT2D eigenvalue weighted by Gasteiger charge is 2.44. The van der Waals surface area contributed by atoms with E-state index in [1.807, 2.05) is 30.3 Å². The molecule has 0 radical (unpaired) electrons. The summed E-state index contributed by atoms with van der Waals surface area (Å²) < 4.78 is 10.4. The van der Waals surface area contributed by atoms with Gasteiger partial charge in [0.1, 0.15) is 18.1 Å². The summed E-state index contributed by atoms with van der Waals surface area (Å²) in [5, 5.41) is 14.7. The zero-order valence-corrected chi connectivity index (χ0v) is 14.9. The number of ketones is 1. The molecular formula is C19H20N2O6. The number of rotatable bonds is 7. The van der Waals surface area contributed by atoms with Crippen LogP contribution in [0.5, 0.6) is 0 Å². The van der Waals surface area contributed by atoms with Crippen molar-refractivity contribution < 1.29 is 23.8 Å². The number of hydrogen-bond acceptors (Lipinski definition) is 7. The standard InChI is InChI=1S/C19H20N2O6/c1-12-7-17(22)15(16(12)10-21(24)25)9-19(23)26-11-14-8-18(27-20-14)13-5-3-2-4-6-13/h2-6,8,12,15-16H,7,9-11H2,1H3/t12-,15-,16-/m1/s1. The van der Waals surface area contributed by atoms with Gasteiger partial charge in [0.05, 0.1) is 6.42 Å². The van der Waals surface area contributed by atoms with Crippen molar-refractivity contribution in [3.63, 3.8) is 0 Å². The van der Waals surface area contributed by atoms with Crippen LogP contribution in [-0.4, -0.2) is 28.4 Å². The second-order valence-corrected chi connectivity index (χ2v) is 6.85. The fourth-order valence-corrected chi connectivity index (χ4v) is 3.51. The molecule has 1 fully saturated rings. The summed E-state index contributed by atoms with van der Waals surface area (Å²) >= 11 is 0. The number of benzene rings is 1. The lowest BCUT2D eigenvalue weighted by atomic mass is 9.88. The van der Waals surface area contributed by atoms with E-state index in [1.54, 1.807) is 13.0 Å². The quantitative estimate of drug-likeness (QED) is 0.417. The van der Waals surface area contributed by atoms with Crippen molar-refractivity contribution >= 4 is 11.8 Å². The van der Waals surface area contributed by atoms with E-state index in [0.29, 0.717) is 11.5 Å². The number of Topliss-reactive ketones (excluding diaryl/α,β-unsaturated/α-hetero) is 1. The van der Waals surface area contributed by atoms with Gasteiger partial charge in [-0.15, -0.1) is 0 Å². The molecule has 1 aliphatic rings. The second kappa shape index (κ2) is 8.11. The van der Waals surface area contributed by atoms with Gasteiger partial charge in [-0.25, -0.2) is 0 Å². The lowest BCUT2D eigenvalue weighted by Gasteiger charge is -2.16. The molecule has 1 aromatic heterocycles. The summed E-state index contributed by atoms with van der Waals surface area (Å²) in [6.45, 7) is 1.41. The monoisotopic (exact) mass is 372 g/mol. The second-order valence-electron chi connectivity index (χ2n) is 6.85. The molecule has 142 valence electrons. The summed E-state index contributed by atoms with van der Waals surface area (Å²) in [6, 6.07) is 11.1. The minimum Gasteiger partial charge on any atom is -0.459 e. The van der Waals surface area contributed by atoms with Gasteiger partial charge in [-0.05, 0) is 5.92 Å². The first-order chi connectivity index (χ1) is 12.9. The molecular weight excluding hydrogens is 352 g/mol. The third kappa shape index (κ3) is 4.58. The molecule has 0 aliphatic heterocycles. The van der Waals surface area contributed by atoms with E-state index in [1.165, 1.54) is 0 Å². The Kier molecular flexibility index (Phi) is 5.63. The Balaban J connectivity index is 1.56. The van der Waals surface area contributed by atoms with E-state index in [4.69, 9.17) is 9.26 Å². The summed E-state index contributed by atoms with van der Waals surface area (Å²) in [5.41, 5.74) is 1.31. The fraction of sp³-hybridized carbons (Fsp3) is 0.421. The van der Waals surface area contributed by atoms with Crippen LogP contribution in [0, 0.1) is 27.9 Å². The Bertz CT molecular complexity index is 832. The summed E-state index contributed by atoms with van der Waals surface area (Å²) in [5.74, 6) is -1.32. The maximum absolute atomic E-state index is 12.1. The van der Waals surface area contributed by atoms with Gasteiger partial charge in [0.2, 0.25) is 6.54 Å². The maximum atomic E-state index is 12.1. The van der Waals surface area contributed by atoms with E-state index in [0.717, 1.165) is 5.56 Å². The van der Waals surface area contributed by atoms with Gasteiger partial charge in [0, 0.05) is 34.8 Å². The average Bonchev–Trinajstić information content (AvgIpc) is 3.21. The number of carbonyl (C=O) groups is 2. The summed E-state index contributed by atoms with van der Waals surface area (Å²) in [7, 11) is 0. The summed E-state index contributed by atoms with van der Waals surface area (Å²) in [4.78, 5) is 34.6. The van der Waals surface area contributed by atoms with Crippen molar-refractivity contribution in [2.75, 3.05) is 6.54 Å². The van der Waals surface area contributed by atoms with Crippen molar-refractivity contribution in [3.8, 4) is 11.3 Å². The molecule has 0 saturated heterocycles. The Morgan fingerprint density at radius 1 is 1.37 bits per heavy atom. The zero-order valence-electron chi connectivity index (χ0n) is 14.9. The SMILES string of the molecule is C[C@@H]1CC(=O)[C@H](CC(=O)OCc2cc(-c3ccccc3)on2)[C@@H]1C[N+](=O)[O-]. The molecule has 3 rings (SSSR count). The van der Waals surface area contributed by atoms with E-state index in [9.17, 15) is 19.7 Å². The van der Waals surface area contributed by atoms with Crippen LogP contribution in [0.2, 0.25) is 0 Å². The van der Waals surface area contributed by atoms with Crippen molar-refractivity contribution in [2.24, 2.45) is 17.8 Å². The van der Waals surface area contributed by atoms with Crippen LogP contribution in [0.25, 0.3) is 11.3 Å². The van der Waals surface area contributed by atoms with Gasteiger partial charge >= 0.3 is 5.97 Å². The van der Waals surface area contributed by atoms with E-state index in [2.05, 4.69) is 5.16 Å². The Morgan fingerprint density at radius 3 is 2.81 bits per heavy atom. The molecule has 0 spiro atoms. The molecule has 2 aromatic rings. The number of ether oxygens (including phenoxy) is 1. The third-order valence-electron chi connectivity index (χ3n) is 4.93. The van der Waals surface area contributed by atoms with Crippen molar-refractivity contribution in [2.45, 2.75) is 26.4 Å². The van der Waals surface area contributed by atoms with Crippen LogP contribution in [0.4, 0.5) is 0 Å². The first-order valence-corrected chi connectivity index (χ1v) is 8.75. The molecule has 8 nitrogen and oxygen atoms in total. The Hall–Kier alpha value is -3.03. The van der Waals surface area contributed by atoms with Crippen LogP contribution >= 0.6 is 0 Å².